The van der Waals surface area contributed by atoms with E-state index in [9.17, 15) is 9.59 Å². The quantitative estimate of drug-likeness (QED) is 0.909. The highest BCUT2D eigenvalue weighted by Crippen LogP contribution is 2.36. The normalized spacial score (nSPS) is 19.8. The van der Waals surface area contributed by atoms with Crippen molar-refractivity contribution in [2.75, 3.05) is 10.6 Å². The number of carbonyl (C=O) groups excluding carboxylic acids is 2. The third-order valence-electron chi connectivity index (χ3n) is 4.03. The van der Waals surface area contributed by atoms with Crippen molar-refractivity contribution >= 4 is 23.2 Å². The Labute approximate surface area is 129 Å². The fourth-order valence-corrected chi connectivity index (χ4v) is 2.64. The van der Waals surface area contributed by atoms with E-state index in [0.717, 1.165) is 24.2 Å². The molecule has 1 aliphatic rings. The monoisotopic (exact) mass is 294 g/mol. The number of para-hydroxylation sites is 2. The van der Waals surface area contributed by atoms with Gasteiger partial charge in [-0.3, -0.25) is 9.59 Å². The van der Waals surface area contributed by atoms with E-state index in [2.05, 4.69) is 10.6 Å². The second-order valence-electron chi connectivity index (χ2n) is 5.50. The molecule has 0 aromatic heterocycles. The van der Waals surface area contributed by atoms with Crippen LogP contribution in [0, 0.1) is 11.8 Å². The summed E-state index contributed by atoms with van der Waals surface area (Å²) in [5.74, 6) is -0.649. The topological polar surface area (TPSA) is 58.2 Å². The Balaban J connectivity index is 1.59. The van der Waals surface area contributed by atoms with Crippen molar-refractivity contribution < 1.29 is 9.59 Å². The molecule has 0 heterocycles. The van der Waals surface area contributed by atoms with Crippen molar-refractivity contribution in [1.82, 2.24) is 0 Å². The molecule has 2 amide bonds. The molecule has 4 nitrogen and oxygen atoms in total. The van der Waals surface area contributed by atoms with Gasteiger partial charge in [-0.05, 0) is 37.1 Å². The SMILES string of the molecule is O=C(Nc1ccccc1)[C@@H]1CC[C@H]1C(=O)Nc1ccccc1. The lowest BCUT2D eigenvalue weighted by Gasteiger charge is -2.34. The van der Waals surface area contributed by atoms with Gasteiger partial charge in [-0.15, -0.1) is 0 Å². The fraction of sp³-hybridized carbons (Fsp3) is 0.222. The molecule has 0 unspecified atom stereocenters. The first-order valence-corrected chi connectivity index (χ1v) is 7.46. The van der Waals surface area contributed by atoms with Crippen LogP contribution in [0.2, 0.25) is 0 Å². The first-order chi connectivity index (χ1) is 10.7. The molecule has 2 aromatic carbocycles. The lowest BCUT2D eigenvalue weighted by Crippen LogP contribution is -2.43. The summed E-state index contributed by atoms with van der Waals surface area (Å²) in [6.45, 7) is 0. The zero-order valence-corrected chi connectivity index (χ0v) is 12.2. The van der Waals surface area contributed by atoms with Gasteiger partial charge in [0.2, 0.25) is 11.8 Å². The second kappa shape index (κ2) is 6.43. The van der Waals surface area contributed by atoms with E-state index in [1.807, 2.05) is 60.7 Å². The molecule has 4 heteroatoms. The van der Waals surface area contributed by atoms with Gasteiger partial charge in [-0.1, -0.05) is 36.4 Å². The van der Waals surface area contributed by atoms with Gasteiger partial charge >= 0.3 is 0 Å². The first-order valence-electron chi connectivity index (χ1n) is 7.46. The number of rotatable bonds is 4. The molecule has 22 heavy (non-hydrogen) atoms. The minimum absolute atomic E-state index is 0.0781. The van der Waals surface area contributed by atoms with E-state index >= 15 is 0 Å². The Hall–Kier alpha value is -2.62. The van der Waals surface area contributed by atoms with Gasteiger partial charge in [0.05, 0.1) is 0 Å². The summed E-state index contributed by atoms with van der Waals surface area (Å²) in [5, 5.41) is 5.75. The number of nitrogens with one attached hydrogen (secondary N) is 2. The number of benzene rings is 2. The molecule has 0 aliphatic heterocycles. The molecule has 1 fully saturated rings. The number of anilines is 2. The van der Waals surface area contributed by atoms with Gasteiger partial charge in [0.1, 0.15) is 0 Å². The predicted octanol–water partition coefficient (Wildman–Crippen LogP) is 3.29. The van der Waals surface area contributed by atoms with Crippen LogP contribution in [-0.2, 0) is 9.59 Å². The maximum absolute atomic E-state index is 12.3. The molecule has 1 aliphatic carbocycles. The average molecular weight is 294 g/mol. The van der Waals surface area contributed by atoms with E-state index < -0.39 is 0 Å². The predicted molar refractivity (Wildman–Crippen MR) is 86.4 cm³/mol. The van der Waals surface area contributed by atoms with Crippen molar-refractivity contribution in [2.45, 2.75) is 12.8 Å². The summed E-state index contributed by atoms with van der Waals surface area (Å²) in [4.78, 5) is 24.5. The number of carbonyl (C=O) groups is 2. The minimum Gasteiger partial charge on any atom is -0.326 e. The van der Waals surface area contributed by atoms with Gasteiger partial charge in [0, 0.05) is 23.2 Å². The highest BCUT2D eigenvalue weighted by Gasteiger charge is 2.41. The third kappa shape index (κ3) is 3.17. The molecular formula is C18H18N2O2. The van der Waals surface area contributed by atoms with Crippen LogP contribution in [0.4, 0.5) is 11.4 Å². The van der Waals surface area contributed by atoms with Crippen LogP contribution in [0.25, 0.3) is 0 Å². The van der Waals surface area contributed by atoms with Gasteiger partial charge in [-0.2, -0.15) is 0 Å². The van der Waals surface area contributed by atoms with Crippen LogP contribution in [0.15, 0.2) is 60.7 Å². The number of hydrogen-bond donors (Lipinski definition) is 2. The molecule has 1 saturated carbocycles. The highest BCUT2D eigenvalue weighted by atomic mass is 16.2. The van der Waals surface area contributed by atoms with Gasteiger partial charge in [0.25, 0.3) is 0 Å². The van der Waals surface area contributed by atoms with Crippen molar-refractivity contribution in [2.24, 2.45) is 11.8 Å². The van der Waals surface area contributed by atoms with Crippen LogP contribution in [0.5, 0.6) is 0 Å². The lowest BCUT2D eigenvalue weighted by molar-refractivity contribution is -0.134. The zero-order chi connectivity index (χ0) is 15.4. The molecule has 3 rings (SSSR count). The van der Waals surface area contributed by atoms with Crippen molar-refractivity contribution in [3.05, 3.63) is 60.7 Å². The molecule has 2 N–H and O–H groups in total. The molecule has 0 spiro atoms. The van der Waals surface area contributed by atoms with E-state index in [1.54, 1.807) is 0 Å². The smallest absolute Gasteiger partial charge is 0.228 e. The fourth-order valence-electron chi connectivity index (χ4n) is 2.64. The standard InChI is InChI=1S/C18H18N2O2/c21-17(19-13-7-3-1-4-8-13)15-11-12-16(15)18(22)20-14-9-5-2-6-10-14/h1-10,15-16H,11-12H2,(H,19,21)(H,20,22)/t15-,16-/m1/s1. The van der Waals surface area contributed by atoms with E-state index in [4.69, 9.17) is 0 Å². The van der Waals surface area contributed by atoms with E-state index in [-0.39, 0.29) is 23.7 Å². The Morgan fingerprint density at radius 1 is 0.682 bits per heavy atom. The maximum Gasteiger partial charge on any atom is 0.228 e. The maximum atomic E-state index is 12.3. The van der Waals surface area contributed by atoms with Crippen LogP contribution >= 0.6 is 0 Å². The Bertz CT molecular complexity index is 596. The Morgan fingerprint density at radius 2 is 1.05 bits per heavy atom. The van der Waals surface area contributed by atoms with Gasteiger partial charge in [-0.25, -0.2) is 0 Å². The molecule has 112 valence electrons. The van der Waals surface area contributed by atoms with Crippen molar-refractivity contribution in [3.8, 4) is 0 Å². The third-order valence-corrected chi connectivity index (χ3v) is 4.03. The average Bonchev–Trinajstić information content (AvgIpc) is 2.48. The molecule has 0 radical (unpaired) electrons. The van der Waals surface area contributed by atoms with E-state index in [1.165, 1.54) is 0 Å². The molecule has 0 bridgehead atoms. The second-order valence-corrected chi connectivity index (χ2v) is 5.50. The van der Waals surface area contributed by atoms with Gasteiger partial charge < -0.3 is 10.6 Å². The summed E-state index contributed by atoms with van der Waals surface area (Å²) in [5.41, 5.74) is 1.53. The highest BCUT2D eigenvalue weighted by molar-refractivity contribution is 6.00. The molecule has 0 saturated heterocycles. The Morgan fingerprint density at radius 3 is 1.36 bits per heavy atom. The molecule has 2 atom stereocenters. The van der Waals surface area contributed by atoms with Crippen LogP contribution < -0.4 is 10.6 Å². The number of amides is 2. The summed E-state index contributed by atoms with van der Waals surface area (Å²) in [6.07, 6.45) is 1.51. The van der Waals surface area contributed by atoms with Crippen molar-refractivity contribution in [3.63, 3.8) is 0 Å². The Kier molecular flexibility index (Phi) is 4.19. The summed E-state index contributed by atoms with van der Waals surface area (Å²) >= 11 is 0. The van der Waals surface area contributed by atoms with Crippen LogP contribution in [-0.4, -0.2) is 11.8 Å². The van der Waals surface area contributed by atoms with Crippen LogP contribution in [0.1, 0.15) is 12.8 Å². The summed E-state index contributed by atoms with van der Waals surface area (Å²) in [6, 6.07) is 18.7. The first kappa shape index (κ1) is 14.3. The summed E-state index contributed by atoms with van der Waals surface area (Å²) < 4.78 is 0. The summed E-state index contributed by atoms with van der Waals surface area (Å²) in [7, 11) is 0. The van der Waals surface area contributed by atoms with Crippen LogP contribution in [0.3, 0.4) is 0 Å². The van der Waals surface area contributed by atoms with E-state index in [0.29, 0.717) is 0 Å². The lowest BCUT2D eigenvalue weighted by atomic mass is 9.72. The largest absolute Gasteiger partial charge is 0.326 e. The zero-order valence-electron chi connectivity index (χ0n) is 12.2. The molecular weight excluding hydrogens is 276 g/mol. The van der Waals surface area contributed by atoms with Crippen molar-refractivity contribution in [1.29, 1.82) is 0 Å². The number of hydrogen-bond acceptors (Lipinski definition) is 2. The molecule has 2 aromatic rings. The van der Waals surface area contributed by atoms with Gasteiger partial charge in [0.15, 0.2) is 0 Å². The minimum atomic E-state index is -0.246.